The molecule has 1 N–H and O–H groups in total. The van der Waals surface area contributed by atoms with Crippen LogP contribution < -0.4 is 0 Å². The Kier molecular flexibility index (Phi) is 5.60. The van der Waals surface area contributed by atoms with Crippen LogP contribution in [0.25, 0.3) is 0 Å². The van der Waals surface area contributed by atoms with E-state index < -0.39 is 12.0 Å². The summed E-state index contributed by atoms with van der Waals surface area (Å²) in [5, 5.41) is 9.09. The van der Waals surface area contributed by atoms with E-state index in [1.807, 2.05) is 6.07 Å². The van der Waals surface area contributed by atoms with Crippen molar-refractivity contribution in [1.82, 2.24) is 4.90 Å². The van der Waals surface area contributed by atoms with Crippen molar-refractivity contribution in [2.75, 3.05) is 11.5 Å². The van der Waals surface area contributed by atoms with Crippen LogP contribution in [0.5, 0.6) is 0 Å². The van der Waals surface area contributed by atoms with Crippen molar-refractivity contribution in [2.45, 2.75) is 31.8 Å². The van der Waals surface area contributed by atoms with Gasteiger partial charge in [-0.3, -0.25) is 9.59 Å². The molecule has 5 nitrogen and oxygen atoms in total. The summed E-state index contributed by atoms with van der Waals surface area (Å²) in [5.41, 5.74) is 0.625. The molecule has 0 bridgehead atoms. The molecule has 0 radical (unpaired) electrons. The van der Waals surface area contributed by atoms with Gasteiger partial charge in [-0.25, -0.2) is 4.79 Å². The van der Waals surface area contributed by atoms with Gasteiger partial charge in [0.25, 0.3) is 0 Å². The zero-order valence-corrected chi connectivity index (χ0v) is 13.2. The molecule has 2 rings (SSSR count). The maximum Gasteiger partial charge on any atom is 0.326 e. The Balaban J connectivity index is 1.84. The Morgan fingerprint density at radius 2 is 1.86 bits per heavy atom. The lowest BCUT2D eigenvalue weighted by Crippen LogP contribution is -2.45. The van der Waals surface area contributed by atoms with Crippen LogP contribution in [0.3, 0.4) is 0 Å². The van der Waals surface area contributed by atoms with Gasteiger partial charge in [-0.05, 0) is 19.8 Å². The van der Waals surface area contributed by atoms with Crippen LogP contribution in [-0.4, -0.2) is 51.3 Å². The number of thioether (sulfide) groups is 1. The van der Waals surface area contributed by atoms with E-state index in [2.05, 4.69) is 0 Å². The molecule has 22 heavy (non-hydrogen) atoms. The van der Waals surface area contributed by atoms with E-state index in [1.54, 1.807) is 24.3 Å². The number of Topliss-reactive ketones (excluding diaryl/α,β-unsaturated/α-hetero) is 1. The van der Waals surface area contributed by atoms with Crippen LogP contribution in [0.15, 0.2) is 30.3 Å². The number of carboxylic acid groups (broad SMARTS) is 1. The first-order valence-corrected chi connectivity index (χ1v) is 8.36. The molecule has 1 aromatic carbocycles. The summed E-state index contributed by atoms with van der Waals surface area (Å²) in [5.74, 6) is -0.876. The van der Waals surface area contributed by atoms with Gasteiger partial charge in [0.1, 0.15) is 6.04 Å². The quantitative estimate of drug-likeness (QED) is 0.742. The van der Waals surface area contributed by atoms with Gasteiger partial charge < -0.3 is 10.0 Å². The molecule has 1 atom stereocenters. The first-order chi connectivity index (χ1) is 10.5. The second-order valence-electron chi connectivity index (χ2n) is 5.33. The van der Waals surface area contributed by atoms with E-state index in [-0.39, 0.29) is 29.2 Å². The average molecular weight is 321 g/mol. The van der Waals surface area contributed by atoms with Gasteiger partial charge in [-0.15, -0.1) is 11.8 Å². The van der Waals surface area contributed by atoms with E-state index >= 15 is 0 Å². The highest BCUT2D eigenvalue weighted by Gasteiger charge is 2.38. The number of carbonyl (C=O) groups excluding carboxylic acids is 2. The van der Waals surface area contributed by atoms with Gasteiger partial charge in [0.05, 0.1) is 11.5 Å². The predicted molar refractivity (Wildman–Crippen MR) is 85.1 cm³/mol. The lowest BCUT2D eigenvalue weighted by Gasteiger charge is -2.26. The minimum atomic E-state index is -0.995. The Morgan fingerprint density at radius 3 is 2.41 bits per heavy atom. The maximum absolute atomic E-state index is 12.2. The van der Waals surface area contributed by atoms with E-state index in [0.717, 1.165) is 12.8 Å². The molecule has 1 aliphatic rings. The Bertz CT molecular complexity index is 557. The van der Waals surface area contributed by atoms with E-state index in [9.17, 15) is 14.4 Å². The second-order valence-corrected chi connectivity index (χ2v) is 6.31. The molecule has 1 unspecified atom stereocenters. The van der Waals surface area contributed by atoms with Crippen molar-refractivity contribution in [3.63, 3.8) is 0 Å². The van der Waals surface area contributed by atoms with Gasteiger partial charge >= 0.3 is 5.97 Å². The zero-order chi connectivity index (χ0) is 16.1. The van der Waals surface area contributed by atoms with Crippen LogP contribution in [0, 0.1) is 0 Å². The van der Waals surface area contributed by atoms with Crippen molar-refractivity contribution in [1.29, 1.82) is 0 Å². The molecule has 0 heterocycles. The summed E-state index contributed by atoms with van der Waals surface area (Å²) in [6, 6.07) is 8.16. The molecule has 1 aliphatic carbocycles. The number of nitrogens with zero attached hydrogens (tertiary/aromatic N) is 1. The first-order valence-electron chi connectivity index (χ1n) is 7.20. The molecule has 118 valence electrons. The van der Waals surface area contributed by atoms with Gasteiger partial charge in [0.15, 0.2) is 5.78 Å². The molecule has 0 spiro atoms. The van der Waals surface area contributed by atoms with E-state index in [4.69, 9.17) is 5.11 Å². The standard InChI is InChI=1S/C16H19NO4S/c1-11(16(20)21)17(13-7-8-13)15(19)10-22-9-14(18)12-5-3-2-4-6-12/h2-6,11,13H,7-10H2,1H3,(H,20,21). The molecule has 6 heteroatoms. The number of hydrogen-bond donors (Lipinski definition) is 1. The fourth-order valence-corrected chi connectivity index (χ4v) is 3.00. The molecule has 0 aliphatic heterocycles. The fraction of sp³-hybridized carbons (Fsp3) is 0.438. The summed E-state index contributed by atoms with van der Waals surface area (Å²) >= 11 is 1.23. The summed E-state index contributed by atoms with van der Waals surface area (Å²) in [6.07, 6.45) is 1.72. The highest BCUT2D eigenvalue weighted by molar-refractivity contribution is 8.00. The van der Waals surface area contributed by atoms with Gasteiger partial charge in [-0.1, -0.05) is 30.3 Å². The smallest absolute Gasteiger partial charge is 0.326 e. The number of hydrogen-bond acceptors (Lipinski definition) is 4. The minimum Gasteiger partial charge on any atom is -0.480 e. The average Bonchev–Trinajstić information content (AvgIpc) is 3.32. The Labute approximate surface area is 133 Å². The van der Waals surface area contributed by atoms with Crippen LogP contribution in [0.2, 0.25) is 0 Å². The maximum atomic E-state index is 12.2. The number of aliphatic carboxylic acids is 1. The third-order valence-electron chi connectivity index (χ3n) is 3.56. The summed E-state index contributed by atoms with van der Waals surface area (Å²) in [4.78, 5) is 36.7. The second kappa shape index (κ2) is 7.45. The highest BCUT2D eigenvalue weighted by Crippen LogP contribution is 2.29. The lowest BCUT2D eigenvalue weighted by molar-refractivity contribution is -0.148. The summed E-state index contributed by atoms with van der Waals surface area (Å²) < 4.78 is 0. The fourth-order valence-electron chi connectivity index (χ4n) is 2.22. The van der Waals surface area contributed by atoms with Crippen LogP contribution >= 0.6 is 11.8 Å². The number of amides is 1. The SMILES string of the molecule is CC(C(=O)O)N(C(=O)CSCC(=O)c1ccccc1)C1CC1. The van der Waals surface area contributed by atoms with Crippen LogP contribution in [0.1, 0.15) is 30.1 Å². The molecule has 0 saturated heterocycles. The normalized spacial score (nSPS) is 15.1. The monoisotopic (exact) mass is 321 g/mol. The number of carbonyl (C=O) groups is 3. The first kappa shape index (κ1) is 16.5. The number of rotatable bonds is 8. The van der Waals surface area contributed by atoms with Gasteiger partial charge in [0, 0.05) is 11.6 Å². The number of carboxylic acids is 1. The summed E-state index contributed by atoms with van der Waals surface area (Å²) in [6.45, 7) is 1.53. The van der Waals surface area contributed by atoms with E-state index in [0.29, 0.717) is 5.56 Å². The van der Waals surface area contributed by atoms with Crippen molar-refractivity contribution in [2.24, 2.45) is 0 Å². The van der Waals surface area contributed by atoms with Crippen LogP contribution in [0.4, 0.5) is 0 Å². The Hall–Kier alpha value is -1.82. The van der Waals surface area contributed by atoms with E-state index in [1.165, 1.54) is 23.6 Å². The van der Waals surface area contributed by atoms with Crippen LogP contribution in [-0.2, 0) is 9.59 Å². The predicted octanol–water partition coefficient (Wildman–Crippen LogP) is 2.07. The lowest BCUT2D eigenvalue weighted by atomic mass is 10.2. The third-order valence-corrected chi connectivity index (χ3v) is 4.47. The van der Waals surface area contributed by atoms with Crippen molar-refractivity contribution >= 4 is 29.4 Å². The molecular weight excluding hydrogens is 302 g/mol. The van der Waals surface area contributed by atoms with Crippen molar-refractivity contribution in [3.05, 3.63) is 35.9 Å². The minimum absolute atomic E-state index is 0.0253. The zero-order valence-electron chi connectivity index (χ0n) is 12.4. The molecule has 1 amide bonds. The Morgan fingerprint density at radius 1 is 1.23 bits per heavy atom. The van der Waals surface area contributed by atoms with Crippen molar-refractivity contribution in [3.8, 4) is 0 Å². The third kappa shape index (κ3) is 4.34. The number of benzene rings is 1. The molecule has 1 aromatic rings. The molecule has 1 saturated carbocycles. The van der Waals surface area contributed by atoms with Gasteiger partial charge in [0.2, 0.25) is 5.91 Å². The summed E-state index contributed by atoms with van der Waals surface area (Å²) in [7, 11) is 0. The molecular formula is C16H19NO4S. The topological polar surface area (TPSA) is 74.7 Å². The number of ketones is 1. The molecule has 0 aromatic heterocycles. The largest absolute Gasteiger partial charge is 0.480 e. The molecule has 1 fully saturated rings. The van der Waals surface area contributed by atoms with Crippen molar-refractivity contribution < 1.29 is 19.5 Å². The van der Waals surface area contributed by atoms with Gasteiger partial charge in [-0.2, -0.15) is 0 Å². The highest BCUT2D eigenvalue weighted by atomic mass is 32.2.